The zero-order valence-corrected chi connectivity index (χ0v) is 15.3. The first-order valence-corrected chi connectivity index (χ1v) is 9.38. The Morgan fingerprint density at radius 2 is 1.74 bits per heavy atom. The minimum atomic E-state index is 0.953. The third-order valence-corrected chi connectivity index (χ3v) is 5.25. The lowest BCUT2D eigenvalue weighted by molar-refractivity contribution is 0.934. The average Bonchev–Trinajstić information content (AvgIpc) is 3.13. The topological polar surface area (TPSA) is 21.1 Å². The first-order chi connectivity index (χ1) is 13.3. The van der Waals surface area contributed by atoms with Gasteiger partial charge < -0.3 is 4.90 Å². The summed E-state index contributed by atoms with van der Waals surface area (Å²) in [5.74, 6) is 0.953. The van der Waals surface area contributed by atoms with Crippen LogP contribution in [0, 0.1) is 0 Å². The molecule has 4 aromatic rings. The van der Waals surface area contributed by atoms with Gasteiger partial charge in [-0.1, -0.05) is 60.7 Å². The van der Waals surface area contributed by atoms with Crippen LogP contribution in [0.4, 0.5) is 11.6 Å². The van der Waals surface area contributed by atoms with Crippen LogP contribution in [0.2, 0.25) is 0 Å². The summed E-state index contributed by atoms with van der Waals surface area (Å²) in [5, 5.41) is 2.47. The van der Waals surface area contributed by atoms with Crippen LogP contribution in [0.5, 0.6) is 0 Å². The van der Waals surface area contributed by atoms with Crippen molar-refractivity contribution in [2.24, 2.45) is 0 Å². The molecule has 0 N–H and O–H groups in total. The molecule has 1 heterocycles. The molecule has 3 heteroatoms. The Balaban J connectivity index is 1.75. The number of allylic oxidation sites excluding steroid dienone is 4. The van der Waals surface area contributed by atoms with Gasteiger partial charge in [-0.25, -0.2) is 4.98 Å². The van der Waals surface area contributed by atoms with Crippen molar-refractivity contribution in [2.45, 2.75) is 12.8 Å². The molecule has 0 spiro atoms. The number of aromatic nitrogens is 2. The van der Waals surface area contributed by atoms with Crippen LogP contribution in [0.15, 0.2) is 85.0 Å². The third-order valence-electron chi connectivity index (χ3n) is 5.25. The maximum atomic E-state index is 4.99. The van der Waals surface area contributed by atoms with Gasteiger partial charge in [0.05, 0.1) is 16.7 Å². The lowest BCUT2D eigenvalue weighted by Crippen LogP contribution is -2.16. The maximum Gasteiger partial charge on any atom is 0.215 e. The molecule has 0 bridgehead atoms. The Morgan fingerprint density at radius 1 is 0.926 bits per heavy atom. The number of para-hydroxylation sites is 2. The number of hydrogen-bond acceptors (Lipinski definition) is 2. The number of hydrogen-bond donors (Lipinski definition) is 0. The van der Waals surface area contributed by atoms with Crippen LogP contribution in [-0.4, -0.2) is 16.6 Å². The number of imidazole rings is 1. The van der Waals surface area contributed by atoms with E-state index in [0.717, 1.165) is 35.5 Å². The monoisotopic (exact) mass is 351 g/mol. The molecule has 3 nitrogen and oxygen atoms in total. The van der Waals surface area contributed by atoms with E-state index in [9.17, 15) is 0 Å². The molecule has 3 aromatic carbocycles. The van der Waals surface area contributed by atoms with Crippen molar-refractivity contribution in [3.05, 3.63) is 85.0 Å². The van der Waals surface area contributed by atoms with Crippen molar-refractivity contribution in [3.63, 3.8) is 0 Å². The van der Waals surface area contributed by atoms with Gasteiger partial charge in [0.25, 0.3) is 0 Å². The quantitative estimate of drug-likeness (QED) is 0.441. The predicted molar refractivity (Wildman–Crippen MR) is 114 cm³/mol. The molecule has 132 valence electrons. The van der Waals surface area contributed by atoms with E-state index < -0.39 is 0 Å². The summed E-state index contributed by atoms with van der Waals surface area (Å²) >= 11 is 0. The third kappa shape index (κ3) is 2.63. The highest BCUT2D eigenvalue weighted by atomic mass is 15.3. The second kappa shape index (κ2) is 6.44. The van der Waals surface area contributed by atoms with E-state index in [1.165, 1.54) is 16.5 Å². The van der Waals surface area contributed by atoms with E-state index in [0.29, 0.717) is 0 Å². The van der Waals surface area contributed by atoms with E-state index in [1.54, 1.807) is 0 Å². The van der Waals surface area contributed by atoms with Crippen molar-refractivity contribution in [2.75, 3.05) is 11.9 Å². The SMILES string of the molecule is CN(c1cccc2ccccc12)c1nc2ccccc2n1C1=CC=CCC1. The zero-order valence-electron chi connectivity index (χ0n) is 15.3. The highest BCUT2D eigenvalue weighted by Gasteiger charge is 2.19. The van der Waals surface area contributed by atoms with Gasteiger partial charge in [-0.2, -0.15) is 0 Å². The Kier molecular flexibility index (Phi) is 3.79. The maximum absolute atomic E-state index is 4.99. The van der Waals surface area contributed by atoms with Crippen LogP contribution in [-0.2, 0) is 0 Å². The van der Waals surface area contributed by atoms with Crippen molar-refractivity contribution < 1.29 is 0 Å². The number of fused-ring (bicyclic) bond motifs is 2. The minimum Gasteiger partial charge on any atom is -0.314 e. The van der Waals surface area contributed by atoms with Gasteiger partial charge in [-0.15, -0.1) is 0 Å². The molecule has 1 aliphatic rings. The van der Waals surface area contributed by atoms with E-state index in [2.05, 4.69) is 101 Å². The summed E-state index contributed by atoms with van der Waals surface area (Å²) in [6, 6.07) is 23.3. The van der Waals surface area contributed by atoms with Crippen LogP contribution in [0.25, 0.3) is 27.5 Å². The molecule has 0 radical (unpaired) electrons. The van der Waals surface area contributed by atoms with Gasteiger partial charge in [-0.3, -0.25) is 4.57 Å². The molecule has 0 aliphatic heterocycles. The van der Waals surface area contributed by atoms with Gasteiger partial charge in [0.2, 0.25) is 5.95 Å². The largest absolute Gasteiger partial charge is 0.314 e. The second-order valence-corrected chi connectivity index (χ2v) is 6.92. The molecule has 0 saturated heterocycles. The van der Waals surface area contributed by atoms with Gasteiger partial charge in [0.1, 0.15) is 0 Å². The fourth-order valence-electron chi connectivity index (χ4n) is 3.91. The molecular formula is C24H21N3. The summed E-state index contributed by atoms with van der Waals surface area (Å²) in [6.45, 7) is 0. The standard InChI is InChI=1S/C24H21N3/c1-26(22-17-9-11-18-10-5-6-14-20(18)22)24-25-21-15-7-8-16-23(21)27(24)19-12-3-2-4-13-19/h2-3,5-12,14-17H,4,13H2,1H3. The van der Waals surface area contributed by atoms with Crippen molar-refractivity contribution in [1.82, 2.24) is 9.55 Å². The smallest absolute Gasteiger partial charge is 0.215 e. The van der Waals surface area contributed by atoms with Crippen molar-refractivity contribution in [1.29, 1.82) is 0 Å². The molecular weight excluding hydrogens is 330 g/mol. The van der Waals surface area contributed by atoms with Crippen LogP contribution in [0.1, 0.15) is 12.8 Å². The molecule has 0 atom stereocenters. The Morgan fingerprint density at radius 3 is 2.63 bits per heavy atom. The van der Waals surface area contributed by atoms with Gasteiger partial charge in [-0.05, 0) is 42.5 Å². The first kappa shape index (κ1) is 15.9. The van der Waals surface area contributed by atoms with Gasteiger partial charge in [0.15, 0.2) is 0 Å². The van der Waals surface area contributed by atoms with Crippen molar-refractivity contribution in [3.8, 4) is 0 Å². The summed E-state index contributed by atoms with van der Waals surface area (Å²) in [4.78, 5) is 7.20. The van der Waals surface area contributed by atoms with E-state index in [-0.39, 0.29) is 0 Å². The summed E-state index contributed by atoms with van der Waals surface area (Å²) in [7, 11) is 2.11. The molecule has 0 amide bonds. The molecule has 0 saturated carbocycles. The lowest BCUT2D eigenvalue weighted by atomic mass is 10.1. The second-order valence-electron chi connectivity index (χ2n) is 6.92. The van der Waals surface area contributed by atoms with E-state index >= 15 is 0 Å². The Hall–Kier alpha value is -3.33. The van der Waals surface area contributed by atoms with E-state index in [4.69, 9.17) is 4.98 Å². The molecule has 5 rings (SSSR count). The van der Waals surface area contributed by atoms with Crippen LogP contribution < -0.4 is 4.90 Å². The summed E-state index contributed by atoms with van der Waals surface area (Å²) in [5.41, 5.74) is 4.63. The Bertz CT molecular complexity index is 1190. The zero-order chi connectivity index (χ0) is 18.2. The predicted octanol–water partition coefficient (Wildman–Crippen LogP) is 6.15. The molecule has 0 fully saturated rings. The highest BCUT2D eigenvalue weighted by Crippen LogP contribution is 2.35. The van der Waals surface area contributed by atoms with Gasteiger partial charge >= 0.3 is 0 Å². The average molecular weight is 351 g/mol. The summed E-state index contributed by atoms with van der Waals surface area (Å²) in [6.07, 6.45) is 8.66. The summed E-state index contributed by atoms with van der Waals surface area (Å²) < 4.78 is 2.31. The normalized spacial score (nSPS) is 13.9. The number of rotatable bonds is 3. The van der Waals surface area contributed by atoms with Crippen LogP contribution >= 0.6 is 0 Å². The number of anilines is 2. The molecule has 1 aromatic heterocycles. The fourth-order valence-corrected chi connectivity index (χ4v) is 3.91. The van der Waals surface area contributed by atoms with Crippen LogP contribution in [0.3, 0.4) is 0 Å². The molecule has 0 unspecified atom stereocenters. The molecule has 27 heavy (non-hydrogen) atoms. The van der Waals surface area contributed by atoms with Crippen molar-refractivity contribution >= 4 is 39.1 Å². The highest BCUT2D eigenvalue weighted by molar-refractivity contribution is 5.96. The van der Waals surface area contributed by atoms with Gasteiger partial charge in [0, 0.05) is 18.1 Å². The first-order valence-electron chi connectivity index (χ1n) is 9.38. The molecule has 1 aliphatic carbocycles. The Labute approximate surface area is 158 Å². The van der Waals surface area contributed by atoms with E-state index in [1.807, 2.05) is 0 Å². The lowest BCUT2D eigenvalue weighted by Gasteiger charge is -2.23. The number of benzene rings is 3. The fraction of sp³-hybridized carbons (Fsp3) is 0.125. The minimum absolute atomic E-state index is 0.953. The number of nitrogens with zero attached hydrogens (tertiary/aromatic N) is 3.